The summed E-state index contributed by atoms with van der Waals surface area (Å²) in [7, 11) is 0. The molecule has 4 nitrogen and oxygen atoms in total. The molecule has 0 bridgehead atoms. The van der Waals surface area contributed by atoms with Gasteiger partial charge in [0.2, 0.25) is 0 Å². The average molecular weight is 209 g/mol. The molecule has 1 aromatic heterocycles. The van der Waals surface area contributed by atoms with Gasteiger partial charge in [-0.15, -0.1) is 0 Å². The topological polar surface area (TPSA) is 53.1 Å². The van der Waals surface area contributed by atoms with Gasteiger partial charge in [0.15, 0.2) is 0 Å². The van der Waals surface area contributed by atoms with Crippen LogP contribution in [0, 0.1) is 0 Å². The van der Waals surface area contributed by atoms with E-state index >= 15 is 0 Å². The second-order valence-corrected chi connectivity index (χ2v) is 4.37. The van der Waals surface area contributed by atoms with Crippen LogP contribution in [0.5, 0.6) is 0 Å². The molecule has 2 rings (SSSR count). The Morgan fingerprint density at radius 3 is 3.13 bits per heavy atom. The zero-order chi connectivity index (χ0) is 10.8. The second kappa shape index (κ2) is 4.33. The number of rotatable bonds is 2. The first-order valence-electron chi connectivity index (χ1n) is 5.57. The molecule has 0 spiro atoms. The van der Waals surface area contributed by atoms with Crippen molar-refractivity contribution in [3.8, 4) is 0 Å². The molecule has 1 aliphatic rings. The lowest BCUT2D eigenvalue weighted by Crippen LogP contribution is -2.27. The number of nitrogens with zero attached hydrogens (tertiary/aromatic N) is 2. The summed E-state index contributed by atoms with van der Waals surface area (Å²) in [5.41, 5.74) is 7.03. The van der Waals surface area contributed by atoms with E-state index in [1.807, 2.05) is 19.4 Å². The van der Waals surface area contributed by atoms with Gasteiger partial charge in [0, 0.05) is 24.9 Å². The Hall–Kier alpha value is -0.870. The van der Waals surface area contributed by atoms with Gasteiger partial charge in [-0.3, -0.25) is 0 Å². The molecular weight excluding hydrogens is 190 g/mol. The van der Waals surface area contributed by atoms with E-state index < -0.39 is 0 Å². The third-order valence-electron chi connectivity index (χ3n) is 3.01. The van der Waals surface area contributed by atoms with E-state index in [1.165, 1.54) is 0 Å². The van der Waals surface area contributed by atoms with Gasteiger partial charge in [-0.05, 0) is 26.7 Å². The highest BCUT2D eigenvalue weighted by atomic mass is 16.5. The molecule has 0 aromatic carbocycles. The predicted octanol–water partition coefficient (Wildman–Crippen LogP) is 1.64. The van der Waals surface area contributed by atoms with E-state index in [-0.39, 0.29) is 6.04 Å². The molecule has 4 heteroatoms. The lowest BCUT2D eigenvalue weighted by molar-refractivity contribution is 0.00532. The van der Waals surface area contributed by atoms with Crippen LogP contribution in [0.3, 0.4) is 0 Å². The Bertz CT molecular complexity index is 321. The Morgan fingerprint density at radius 2 is 2.47 bits per heavy atom. The van der Waals surface area contributed by atoms with E-state index in [0.717, 1.165) is 25.1 Å². The molecule has 15 heavy (non-hydrogen) atoms. The number of hydrogen-bond donors (Lipinski definition) is 1. The van der Waals surface area contributed by atoms with Crippen molar-refractivity contribution in [1.82, 2.24) is 9.55 Å². The SMILES string of the molecule is CC1CC(n2cncc2[C@H](C)N)CCO1. The molecule has 2 unspecified atom stereocenters. The van der Waals surface area contributed by atoms with Crippen LogP contribution in [0.25, 0.3) is 0 Å². The molecule has 1 saturated heterocycles. The first-order chi connectivity index (χ1) is 7.18. The molecular formula is C11H19N3O. The lowest BCUT2D eigenvalue weighted by atomic mass is 10.0. The largest absolute Gasteiger partial charge is 0.378 e. The minimum Gasteiger partial charge on any atom is -0.378 e. The lowest BCUT2D eigenvalue weighted by Gasteiger charge is -2.29. The van der Waals surface area contributed by atoms with Gasteiger partial charge in [0.25, 0.3) is 0 Å². The maximum atomic E-state index is 5.91. The summed E-state index contributed by atoms with van der Waals surface area (Å²) in [5, 5.41) is 0. The molecule has 2 heterocycles. The monoisotopic (exact) mass is 209 g/mol. The summed E-state index contributed by atoms with van der Waals surface area (Å²) in [6, 6.07) is 0.544. The fraction of sp³-hybridized carbons (Fsp3) is 0.727. The van der Waals surface area contributed by atoms with Crippen LogP contribution >= 0.6 is 0 Å². The number of nitrogens with two attached hydrogens (primary N) is 1. The molecule has 2 N–H and O–H groups in total. The smallest absolute Gasteiger partial charge is 0.0951 e. The van der Waals surface area contributed by atoms with Gasteiger partial charge in [0.05, 0.1) is 18.1 Å². The third kappa shape index (κ3) is 2.21. The predicted molar refractivity (Wildman–Crippen MR) is 58.5 cm³/mol. The summed E-state index contributed by atoms with van der Waals surface area (Å²) in [5.74, 6) is 0. The first kappa shape index (κ1) is 10.6. The van der Waals surface area contributed by atoms with Gasteiger partial charge in [-0.2, -0.15) is 0 Å². The average Bonchev–Trinajstić information content (AvgIpc) is 2.65. The van der Waals surface area contributed by atoms with E-state index in [9.17, 15) is 0 Å². The number of aromatic nitrogens is 2. The van der Waals surface area contributed by atoms with Crippen LogP contribution in [-0.4, -0.2) is 22.3 Å². The van der Waals surface area contributed by atoms with Crippen molar-refractivity contribution in [2.45, 2.75) is 44.9 Å². The standard InChI is InChI=1S/C11H19N3O/c1-8-5-10(3-4-15-8)14-7-13-6-11(14)9(2)12/h6-10H,3-5,12H2,1-2H3/t8?,9-,10?/m0/s1. The fourth-order valence-electron chi connectivity index (χ4n) is 2.20. The number of imidazole rings is 1. The second-order valence-electron chi connectivity index (χ2n) is 4.37. The van der Waals surface area contributed by atoms with Crippen LogP contribution < -0.4 is 5.73 Å². The van der Waals surface area contributed by atoms with E-state index in [0.29, 0.717) is 12.1 Å². The van der Waals surface area contributed by atoms with Crippen molar-refractivity contribution in [2.24, 2.45) is 5.73 Å². The summed E-state index contributed by atoms with van der Waals surface area (Å²) in [6.45, 7) is 4.95. The Kier molecular flexibility index (Phi) is 3.07. The highest BCUT2D eigenvalue weighted by molar-refractivity contribution is 5.05. The zero-order valence-electron chi connectivity index (χ0n) is 9.39. The molecule has 1 aliphatic heterocycles. The van der Waals surface area contributed by atoms with Gasteiger partial charge >= 0.3 is 0 Å². The van der Waals surface area contributed by atoms with Crippen molar-refractivity contribution < 1.29 is 4.74 Å². The van der Waals surface area contributed by atoms with E-state index in [1.54, 1.807) is 0 Å². The van der Waals surface area contributed by atoms with Crippen LogP contribution in [0.2, 0.25) is 0 Å². The maximum Gasteiger partial charge on any atom is 0.0951 e. The highest BCUT2D eigenvalue weighted by Crippen LogP contribution is 2.27. The molecule has 3 atom stereocenters. The van der Waals surface area contributed by atoms with Crippen LogP contribution in [0.1, 0.15) is 44.5 Å². The summed E-state index contributed by atoms with van der Waals surface area (Å²) in [4.78, 5) is 4.19. The molecule has 84 valence electrons. The van der Waals surface area contributed by atoms with Gasteiger partial charge in [0.1, 0.15) is 0 Å². The summed E-state index contributed by atoms with van der Waals surface area (Å²) < 4.78 is 7.75. The zero-order valence-corrected chi connectivity index (χ0v) is 9.39. The van der Waals surface area contributed by atoms with E-state index in [2.05, 4.69) is 16.5 Å². The molecule has 1 fully saturated rings. The first-order valence-corrected chi connectivity index (χ1v) is 5.57. The fourth-order valence-corrected chi connectivity index (χ4v) is 2.20. The van der Waals surface area contributed by atoms with Crippen molar-refractivity contribution in [3.63, 3.8) is 0 Å². The number of ether oxygens (including phenoxy) is 1. The quantitative estimate of drug-likeness (QED) is 0.805. The Morgan fingerprint density at radius 1 is 1.67 bits per heavy atom. The number of hydrogen-bond acceptors (Lipinski definition) is 3. The summed E-state index contributed by atoms with van der Waals surface area (Å²) in [6.07, 6.45) is 6.20. The molecule has 0 saturated carbocycles. The van der Waals surface area contributed by atoms with Crippen molar-refractivity contribution in [2.75, 3.05) is 6.61 Å². The Labute approximate surface area is 90.4 Å². The molecule has 1 aromatic rings. The van der Waals surface area contributed by atoms with Crippen molar-refractivity contribution in [1.29, 1.82) is 0 Å². The third-order valence-corrected chi connectivity index (χ3v) is 3.01. The van der Waals surface area contributed by atoms with Gasteiger partial charge < -0.3 is 15.0 Å². The van der Waals surface area contributed by atoms with Crippen molar-refractivity contribution in [3.05, 3.63) is 18.2 Å². The van der Waals surface area contributed by atoms with Crippen LogP contribution in [0.4, 0.5) is 0 Å². The minimum atomic E-state index is 0.0469. The van der Waals surface area contributed by atoms with E-state index in [4.69, 9.17) is 10.5 Å². The molecule has 0 amide bonds. The highest BCUT2D eigenvalue weighted by Gasteiger charge is 2.22. The molecule has 0 radical (unpaired) electrons. The van der Waals surface area contributed by atoms with Gasteiger partial charge in [-0.25, -0.2) is 4.98 Å². The minimum absolute atomic E-state index is 0.0469. The molecule has 0 aliphatic carbocycles. The van der Waals surface area contributed by atoms with Crippen molar-refractivity contribution >= 4 is 0 Å². The normalized spacial score (nSPS) is 29.0. The van der Waals surface area contributed by atoms with Gasteiger partial charge in [-0.1, -0.05) is 0 Å². The summed E-state index contributed by atoms with van der Waals surface area (Å²) >= 11 is 0. The van der Waals surface area contributed by atoms with Crippen LogP contribution in [0.15, 0.2) is 12.5 Å². The Balaban J connectivity index is 2.17. The maximum absolute atomic E-state index is 5.91. The van der Waals surface area contributed by atoms with Crippen LogP contribution in [-0.2, 0) is 4.74 Å².